The van der Waals surface area contributed by atoms with Crippen LogP contribution in [0.25, 0.3) is 0 Å². The maximum absolute atomic E-state index is 11.8. The van der Waals surface area contributed by atoms with Crippen molar-refractivity contribution in [3.8, 4) is 0 Å². The van der Waals surface area contributed by atoms with E-state index in [0.717, 1.165) is 13.1 Å². The van der Waals surface area contributed by atoms with Crippen molar-refractivity contribution in [2.24, 2.45) is 0 Å². The maximum Gasteiger partial charge on any atom is 0.273 e. The van der Waals surface area contributed by atoms with Crippen molar-refractivity contribution in [3.63, 3.8) is 0 Å². The third kappa shape index (κ3) is 3.66. The van der Waals surface area contributed by atoms with E-state index in [1.807, 2.05) is 0 Å². The third-order valence-electron chi connectivity index (χ3n) is 3.70. The zero-order valence-corrected chi connectivity index (χ0v) is 12.5. The first-order valence-electron chi connectivity index (χ1n) is 7.05. The number of carbonyl (C=O) groups excluding carboxylic acids is 1. The highest BCUT2D eigenvalue weighted by Gasteiger charge is 2.18. The molecule has 0 aliphatic carbocycles. The molecule has 0 saturated carbocycles. The number of aromatic nitrogens is 2. The number of nitrogens with one attached hydrogen (secondary N) is 1. The first-order valence-corrected chi connectivity index (χ1v) is 7.05. The molecule has 2 heterocycles. The van der Waals surface area contributed by atoms with Crippen LogP contribution in [0.5, 0.6) is 0 Å². The van der Waals surface area contributed by atoms with Crippen LogP contribution in [0.3, 0.4) is 0 Å². The molecule has 0 bridgehead atoms. The van der Waals surface area contributed by atoms with Crippen molar-refractivity contribution in [2.45, 2.75) is 25.3 Å². The molecule has 1 aromatic heterocycles. The Balaban J connectivity index is 1.96. The minimum atomic E-state index is -0.129. The minimum absolute atomic E-state index is 0.129. The fraction of sp³-hybridized carbons (Fsp3) is 0.643. The molecule has 1 aliphatic heterocycles. The Bertz CT molecular complexity index is 463. The average Bonchev–Trinajstić information content (AvgIpc) is 2.46. The van der Waals surface area contributed by atoms with Crippen LogP contribution in [0.15, 0.2) is 12.4 Å². The Hall–Kier alpha value is -1.69. The first-order chi connectivity index (χ1) is 9.58. The van der Waals surface area contributed by atoms with Gasteiger partial charge in [0.15, 0.2) is 0 Å². The fourth-order valence-electron chi connectivity index (χ4n) is 2.41. The van der Waals surface area contributed by atoms with Crippen molar-refractivity contribution in [3.05, 3.63) is 18.1 Å². The fourth-order valence-corrected chi connectivity index (χ4v) is 2.41. The molecule has 0 aromatic carbocycles. The molecule has 1 atom stereocenters. The second-order valence-electron chi connectivity index (χ2n) is 5.50. The lowest BCUT2D eigenvalue weighted by Crippen LogP contribution is -2.40. The number of rotatable bonds is 4. The predicted octanol–water partition coefficient (Wildman–Crippen LogP) is 1.07. The molecule has 1 amide bonds. The Kier molecular flexibility index (Phi) is 4.89. The molecule has 1 N–H and O–H groups in total. The third-order valence-corrected chi connectivity index (χ3v) is 3.70. The molecule has 6 heteroatoms. The highest BCUT2D eigenvalue weighted by atomic mass is 16.2. The van der Waals surface area contributed by atoms with Crippen LogP contribution < -0.4 is 5.32 Å². The summed E-state index contributed by atoms with van der Waals surface area (Å²) in [4.78, 5) is 24.1. The lowest BCUT2D eigenvalue weighted by Gasteiger charge is -2.32. The number of nitrogens with zero attached hydrogens (tertiary/aromatic N) is 4. The number of hydrogen-bond acceptors (Lipinski definition) is 5. The number of amides is 1. The van der Waals surface area contributed by atoms with Gasteiger partial charge in [-0.1, -0.05) is 6.42 Å². The van der Waals surface area contributed by atoms with Crippen LogP contribution in [-0.2, 0) is 0 Å². The number of hydrogen-bond donors (Lipinski definition) is 1. The van der Waals surface area contributed by atoms with E-state index in [2.05, 4.69) is 27.2 Å². The molecule has 2 rings (SSSR count). The van der Waals surface area contributed by atoms with E-state index in [1.165, 1.54) is 30.4 Å². The lowest BCUT2D eigenvalue weighted by atomic mass is 10.0. The van der Waals surface area contributed by atoms with Crippen molar-refractivity contribution in [1.82, 2.24) is 19.8 Å². The van der Waals surface area contributed by atoms with Crippen LogP contribution in [-0.4, -0.2) is 65.9 Å². The van der Waals surface area contributed by atoms with Crippen LogP contribution in [0.2, 0.25) is 0 Å². The number of likely N-dealkylation sites (tertiary alicyclic amines) is 1. The second-order valence-corrected chi connectivity index (χ2v) is 5.50. The number of piperidine rings is 1. The largest absolute Gasteiger partial charge is 0.367 e. The van der Waals surface area contributed by atoms with E-state index in [-0.39, 0.29) is 5.91 Å². The molecule has 1 aromatic rings. The topological polar surface area (TPSA) is 61.4 Å². The maximum atomic E-state index is 11.8. The second kappa shape index (κ2) is 6.65. The van der Waals surface area contributed by atoms with E-state index in [0.29, 0.717) is 17.6 Å². The molecule has 1 saturated heterocycles. The predicted molar refractivity (Wildman–Crippen MR) is 78.8 cm³/mol. The van der Waals surface area contributed by atoms with E-state index in [9.17, 15) is 4.79 Å². The molecule has 1 aliphatic rings. The highest BCUT2D eigenvalue weighted by Crippen LogP contribution is 2.15. The normalized spacial score (nSPS) is 19.6. The van der Waals surface area contributed by atoms with Gasteiger partial charge < -0.3 is 15.1 Å². The van der Waals surface area contributed by atoms with Gasteiger partial charge in [0, 0.05) is 26.7 Å². The van der Waals surface area contributed by atoms with Gasteiger partial charge in [-0.05, 0) is 26.4 Å². The van der Waals surface area contributed by atoms with Gasteiger partial charge >= 0.3 is 0 Å². The SMILES string of the molecule is CN(C)C(=O)c1cncc(NC[C@H]2CCCCN2C)n1. The van der Waals surface area contributed by atoms with Crippen LogP contribution in [0.4, 0.5) is 5.82 Å². The van der Waals surface area contributed by atoms with Gasteiger partial charge in [-0.3, -0.25) is 9.78 Å². The summed E-state index contributed by atoms with van der Waals surface area (Å²) in [6.07, 6.45) is 6.92. The first kappa shape index (κ1) is 14.7. The standard InChI is InChI=1S/C14H23N5O/c1-18(2)14(20)12-9-15-10-13(17-12)16-8-11-6-4-5-7-19(11)3/h9-11H,4-8H2,1-3H3,(H,16,17)/t11-/m1/s1. The quantitative estimate of drug-likeness (QED) is 0.892. The summed E-state index contributed by atoms with van der Waals surface area (Å²) in [5, 5.41) is 3.29. The average molecular weight is 277 g/mol. The molecule has 0 unspecified atom stereocenters. The zero-order chi connectivity index (χ0) is 14.5. The Morgan fingerprint density at radius 1 is 1.45 bits per heavy atom. The molecule has 0 spiro atoms. The summed E-state index contributed by atoms with van der Waals surface area (Å²) >= 11 is 0. The molecule has 0 radical (unpaired) electrons. The van der Waals surface area contributed by atoms with Crippen LogP contribution >= 0.6 is 0 Å². The van der Waals surface area contributed by atoms with Gasteiger partial charge in [0.25, 0.3) is 5.91 Å². The molecule has 110 valence electrons. The highest BCUT2D eigenvalue weighted by molar-refractivity contribution is 5.91. The number of carbonyl (C=O) groups is 1. The Labute approximate surface area is 120 Å². The van der Waals surface area contributed by atoms with Crippen molar-refractivity contribution in [1.29, 1.82) is 0 Å². The smallest absolute Gasteiger partial charge is 0.273 e. The summed E-state index contributed by atoms with van der Waals surface area (Å²) in [6.45, 7) is 1.99. The summed E-state index contributed by atoms with van der Waals surface area (Å²) in [7, 11) is 5.57. The van der Waals surface area contributed by atoms with E-state index >= 15 is 0 Å². The summed E-state index contributed by atoms with van der Waals surface area (Å²) in [5.74, 6) is 0.535. The zero-order valence-electron chi connectivity index (χ0n) is 12.5. The Morgan fingerprint density at radius 3 is 2.95 bits per heavy atom. The van der Waals surface area contributed by atoms with Gasteiger partial charge in [0.1, 0.15) is 11.5 Å². The van der Waals surface area contributed by atoms with Gasteiger partial charge in [0.05, 0.1) is 12.4 Å². The van der Waals surface area contributed by atoms with E-state index < -0.39 is 0 Å². The summed E-state index contributed by atoms with van der Waals surface area (Å²) in [5.41, 5.74) is 0.372. The molecule has 1 fully saturated rings. The minimum Gasteiger partial charge on any atom is -0.367 e. The van der Waals surface area contributed by atoms with Gasteiger partial charge in [-0.2, -0.15) is 0 Å². The number of likely N-dealkylation sites (N-methyl/N-ethyl adjacent to an activating group) is 1. The number of anilines is 1. The molecule has 20 heavy (non-hydrogen) atoms. The van der Waals surface area contributed by atoms with Gasteiger partial charge in [-0.15, -0.1) is 0 Å². The monoisotopic (exact) mass is 277 g/mol. The van der Waals surface area contributed by atoms with Crippen LogP contribution in [0, 0.1) is 0 Å². The summed E-state index contributed by atoms with van der Waals surface area (Å²) in [6, 6.07) is 0.527. The lowest BCUT2D eigenvalue weighted by molar-refractivity contribution is 0.0821. The Morgan fingerprint density at radius 2 is 2.25 bits per heavy atom. The van der Waals surface area contributed by atoms with Crippen LogP contribution in [0.1, 0.15) is 29.8 Å². The van der Waals surface area contributed by atoms with Crippen molar-refractivity contribution in [2.75, 3.05) is 39.5 Å². The molecular formula is C14H23N5O. The molecule has 6 nitrogen and oxygen atoms in total. The summed E-state index contributed by atoms with van der Waals surface area (Å²) < 4.78 is 0. The van der Waals surface area contributed by atoms with Gasteiger partial charge in [-0.25, -0.2) is 4.98 Å². The molecular weight excluding hydrogens is 254 g/mol. The van der Waals surface area contributed by atoms with E-state index in [4.69, 9.17) is 0 Å². The van der Waals surface area contributed by atoms with E-state index in [1.54, 1.807) is 20.3 Å². The van der Waals surface area contributed by atoms with Crippen molar-refractivity contribution < 1.29 is 4.79 Å². The van der Waals surface area contributed by atoms with Crippen molar-refractivity contribution >= 4 is 11.7 Å². The van der Waals surface area contributed by atoms with Gasteiger partial charge in [0.2, 0.25) is 0 Å².